The molecule has 2 heterocycles. The molecule has 1 unspecified atom stereocenters. The maximum atomic E-state index is 11.0. The number of rotatable bonds is 3. The number of piperidine rings is 1. The molecule has 152 valence electrons. The molecule has 1 aliphatic heterocycles. The predicted octanol–water partition coefficient (Wildman–Crippen LogP) is 4.44. The molecule has 1 saturated heterocycles. The molecule has 0 radical (unpaired) electrons. The summed E-state index contributed by atoms with van der Waals surface area (Å²) < 4.78 is 3.44. The molecule has 0 saturated carbocycles. The third-order valence-electron chi connectivity index (χ3n) is 6.69. The third-order valence-corrected chi connectivity index (χ3v) is 7.18. The summed E-state index contributed by atoms with van der Waals surface area (Å²) in [5.74, 6) is 1.65. The van der Waals surface area contributed by atoms with Crippen molar-refractivity contribution in [3.05, 3.63) is 63.4 Å². The van der Waals surface area contributed by atoms with Gasteiger partial charge in [0.2, 0.25) is 0 Å². The number of aliphatic hydroxyl groups excluding tert-OH is 1. The van der Waals surface area contributed by atoms with E-state index in [-0.39, 0.29) is 12.1 Å². The van der Waals surface area contributed by atoms with Crippen molar-refractivity contribution in [2.45, 2.75) is 45.3 Å². The van der Waals surface area contributed by atoms with Gasteiger partial charge in [0, 0.05) is 24.1 Å². The summed E-state index contributed by atoms with van der Waals surface area (Å²) in [4.78, 5) is 7.21. The van der Waals surface area contributed by atoms with E-state index >= 15 is 0 Å². The zero-order valence-corrected chi connectivity index (χ0v) is 18.7. The summed E-state index contributed by atoms with van der Waals surface area (Å²) in [7, 11) is 0. The monoisotopic (exact) mass is 453 g/mol. The molecule has 3 atom stereocenters. The average Bonchev–Trinajstić information content (AvgIpc) is 3.20. The number of aromatic nitrogens is 2. The maximum Gasteiger partial charge on any atom is 0.107 e. The number of hydrogen-bond donors (Lipinski definition) is 1. The summed E-state index contributed by atoms with van der Waals surface area (Å²) in [5.41, 5.74) is 6.37. The Hall–Kier alpha value is -1.69. The van der Waals surface area contributed by atoms with Gasteiger partial charge in [0.1, 0.15) is 5.82 Å². The molecule has 1 N–H and O–H groups in total. The SMILES string of the molecule is Cc1ccc2c(c1)nc(C)n2[C@@H]1CCN(CC2Cc3ccc(Br)cc3C2)C[C@H]1O. The Morgan fingerprint density at radius 1 is 1.10 bits per heavy atom. The molecule has 0 bridgehead atoms. The highest BCUT2D eigenvalue weighted by Crippen LogP contribution is 2.33. The minimum Gasteiger partial charge on any atom is -0.390 e. The summed E-state index contributed by atoms with van der Waals surface area (Å²) in [6.45, 7) is 7.00. The Morgan fingerprint density at radius 2 is 1.93 bits per heavy atom. The van der Waals surface area contributed by atoms with Gasteiger partial charge >= 0.3 is 0 Å². The average molecular weight is 454 g/mol. The Labute approximate surface area is 180 Å². The highest BCUT2D eigenvalue weighted by molar-refractivity contribution is 9.10. The lowest BCUT2D eigenvalue weighted by Crippen LogP contribution is -2.46. The van der Waals surface area contributed by atoms with Crippen LogP contribution in [0.4, 0.5) is 0 Å². The highest BCUT2D eigenvalue weighted by Gasteiger charge is 2.33. The van der Waals surface area contributed by atoms with E-state index in [0.29, 0.717) is 5.92 Å². The van der Waals surface area contributed by atoms with Crippen LogP contribution in [0.2, 0.25) is 0 Å². The first-order valence-electron chi connectivity index (χ1n) is 10.6. The Morgan fingerprint density at radius 3 is 2.76 bits per heavy atom. The van der Waals surface area contributed by atoms with Crippen molar-refractivity contribution in [2.75, 3.05) is 19.6 Å². The number of imidazole rings is 1. The number of aliphatic hydroxyl groups is 1. The third kappa shape index (κ3) is 3.65. The fraction of sp³-hybridized carbons (Fsp3) is 0.458. The van der Waals surface area contributed by atoms with Crippen LogP contribution in [0.15, 0.2) is 40.9 Å². The molecule has 3 aromatic rings. The van der Waals surface area contributed by atoms with Crippen LogP contribution in [0.1, 0.15) is 35.0 Å². The van der Waals surface area contributed by atoms with Gasteiger partial charge in [-0.1, -0.05) is 28.1 Å². The first-order chi connectivity index (χ1) is 14.0. The standard InChI is InChI=1S/C24H28BrN3O/c1-15-3-6-22-21(9-15)26-16(2)28(22)23-7-8-27(14-24(23)29)13-17-10-18-4-5-20(25)12-19(18)11-17/h3-6,9,12,17,23-24,29H,7-8,10-11,13-14H2,1-2H3/t17?,23-,24-/m1/s1. The van der Waals surface area contributed by atoms with Crippen LogP contribution in [0.25, 0.3) is 11.0 Å². The van der Waals surface area contributed by atoms with Crippen molar-refractivity contribution >= 4 is 27.0 Å². The van der Waals surface area contributed by atoms with Gasteiger partial charge in [0.05, 0.1) is 23.2 Å². The molecule has 2 aromatic carbocycles. The molecule has 4 nitrogen and oxygen atoms in total. The Bertz CT molecular complexity index is 1060. The number of β-amino-alcohol motifs (C(OH)–C–C–N with tert-alkyl or cyclic N) is 1. The minimum absolute atomic E-state index is 0.107. The lowest BCUT2D eigenvalue weighted by molar-refractivity contribution is 0.0223. The molecule has 0 amide bonds. The van der Waals surface area contributed by atoms with E-state index in [1.807, 2.05) is 0 Å². The maximum absolute atomic E-state index is 11.0. The molecule has 5 rings (SSSR count). The van der Waals surface area contributed by atoms with E-state index in [2.05, 4.69) is 75.6 Å². The highest BCUT2D eigenvalue weighted by atomic mass is 79.9. The molecular formula is C24H28BrN3O. The van der Waals surface area contributed by atoms with Crippen molar-refractivity contribution in [2.24, 2.45) is 5.92 Å². The molecule has 29 heavy (non-hydrogen) atoms. The van der Waals surface area contributed by atoms with Gasteiger partial charge < -0.3 is 14.6 Å². The van der Waals surface area contributed by atoms with E-state index < -0.39 is 0 Å². The first-order valence-corrected chi connectivity index (χ1v) is 11.4. The lowest BCUT2D eigenvalue weighted by atomic mass is 9.98. The van der Waals surface area contributed by atoms with Crippen LogP contribution in [-0.4, -0.2) is 45.3 Å². The van der Waals surface area contributed by atoms with Gasteiger partial charge in [-0.2, -0.15) is 0 Å². The predicted molar refractivity (Wildman–Crippen MR) is 120 cm³/mol. The van der Waals surface area contributed by atoms with Crippen molar-refractivity contribution in [1.29, 1.82) is 0 Å². The molecule has 5 heteroatoms. The van der Waals surface area contributed by atoms with E-state index in [0.717, 1.165) is 55.8 Å². The topological polar surface area (TPSA) is 41.3 Å². The zero-order chi connectivity index (χ0) is 20.1. The zero-order valence-electron chi connectivity index (χ0n) is 17.1. The number of hydrogen-bond acceptors (Lipinski definition) is 3. The van der Waals surface area contributed by atoms with Gasteiger partial charge in [0.25, 0.3) is 0 Å². The number of nitrogens with zero attached hydrogens (tertiary/aromatic N) is 3. The number of fused-ring (bicyclic) bond motifs is 2. The van der Waals surface area contributed by atoms with E-state index in [1.165, 1.54) is 21.2 Å². The van der Waals surface area contributed by atoms with Crippen molar-refractivity contribution in [3.63, 3.8) is 0 Å². The van der Waals surface area contributed by atoms with Crippen LogP contribution in [0.3, 0.4) is 0 Å². The minimum atomic E-state index is -0.362. The molecule has 2 aliphatic rings. The van der Waals surface area contributed by atoms with E-state index in [9.17, 15) is 5.11 Å². The van der Waals surface area contributed by atoms with Crippen molar-refractivity contribution in [1.82, 2.24) is 14.5 Å². The number of halogens is 1. The van der Waals surface area contributed by atoms with Crippen LogP contribution < -0.4 is 0 Å². The Kier molecular flexibility index (Phi) is 5.01. The van der Waals surface area contributed by atoms with Crippen LogP contribution >= 0.6 is 15.9 Å². The molecule has 1 fully saturated rings. The first kappa shape index (κ1) is 19.3. The summed E-state index contributed by atoms with van der Waals surface area (Å²) >= 11 is 3.59. The lowest BCUT2D eigenvalue weighted by Gasteiger charge is -2.38. The largest absolute Gasteiger partial charge is 0.390 e. The fourth-order valence-corrected chi connectivity index (χ4v) is 5.78. The quantitative estimate of drug-likeness (QED) is 0.637. The normalized spacial score (nSPS) is 24.9. The second-order valence-corrected chi connectivity index (χ2v) is 9.81. The number of benzene rings is 2. The van der Waals surface area contributed by atoms with Crippen molar-refractivity contribution in [3.8, 4) is 0 Å². The molecule has 0 spiro atoms. The summed E-state index contributed by atoms with van der Waals surface area (Å²) in [5, 5.41) is 11.0. The van der Waals surface area contributed by atoms with Crippen LogP contribution in [0, 0.1) is 19.8 Å². The van der Waals surface area contributed by atoms with E-state index in [1.54, 1.807) is 0 Å². The second-order valence-electron chi connectivity index (χ2n) is 8.89. The summed E-state index contributed by atoms with van der Waals surface area (Å²) in [6.07, 6.45) is 2.91. The van der Waals surface area contributed by atoms with Gasteiger partial charge in [-0.15, -0.1) is 0 Å². The van der Waals surface area contributed by atoms with Gasteiger partial charge in [-0.05, 0) is 80.0 Å². The number of likely N-dealkylation sites (tertiary alicyclic amines) is 1. The molecular weight excluding hydrogens is 426 g/mol. The number of aryl methyl sites for hydroxylation is 2. The van der Waals surface area contributed by atoms with Gasteiger partial charge in [-0.3, -0.25) is 0 Å². The van der Waals surface area contributed by atoms with Crippen LogP contribution in [0.5, 0.6) is 0 Å². The van der Waals surface area contributed by atoms with E-state index in [4.69, 9.17) is 4.98 Å². The Balaban J connectivity index is 1.28. The smallest absolute Gasteiger partial charge is 0.107 e. The van der Waals surface area contributed by atoms with Crippen LogP contribution in [-0.2, 0) is 12.8 Å². The van der Waals surface area contributed by atoms with Gasteiger partial charge in [0.15, 0.2) is 0 Å². The van der Waals surface area contributed by atoms with Crippen molar-refractivity contribution < 1.29 is 5.11 Å². The molecule has 1 aromatic heterocycles. The van der Waals surface area contributed by atoms with Gasteiger partial charge in [-0.25, -0.2) is 4.98 Å². The summed E-state index contributed by atoms with van der Waals surface area (Å²) in [6, 6.07) is 13.2. The second kappa shape index (κ2) is 7.53. The molecule has 1 aliphatic carbocycles. The fourth-order valence-electron chi connectivity index (χ4n) is 5.37.